The molecule has 1 aromatic rings. The quantitative estimate of drug-likeness (QED) is 0.754. The van der Waals surface area contributed by atoms with Gasteiger partial charge in [0.05, 0.1) is 5.69 Å². The monoisotopic (exact) mass is 222 g/mol. The van der Waals surface area contributed by atoms with Crippen molar-refractivity contribution in [3.8, 4) is 0 Å². The summed E-state index contributed by atoms with van der Waals surface area (Å²) in [6.07, 6.45) is 5.92. The summed E-state index contributed by atoms with van der Waals surface area (Å²) in [5.41, 5.74) is 6.72. The number of nitrogen functional groups attached to an aromatic ring is 1. The van der Waals surface area contributed by atoms with Crippen LogP contribution in [0.3, 0.4) is 0 Å². The Morgan fingerprint density at radius 2 is 2.19 bits per heavy atom. The molecule has 2 nitrogen and oxygen atoms in total. The number of hydrogen-bond acceptors (Lipinski definition) is 2. The zero-order chi connectivity index (χ0) is 11.4. The number of nitrogens with one attached hydrogen (secondary N) is 1. The molecule has 0 bridgehead atoms. The first-order chi connectivity index (χ1) is 7.75. The van der Waals surface area contributed by atoms with Crippen molar-refractivity contribution >= 4 is 5.69 Å². The Bertz CT molecular complexity index is 344. The normalized spacial score (nSPS) is 21.7. The molecule has 2 rings (SSSR count). The summed E-state index contributed by atoms with van der Waals surface area (Å²) in [5.74, 6) is -0.300. The standard InChI is InChI=1S/C13H19FN2/c14-12-9-10(5-6-13(12)15)8-11-4-2-1-3-7-16-11/h5-6,9,11,16H,1-4,7-8,15H2. The van der Waals surface area contributed by atoms with Gasteiger partial charge in [0.1, 0.15) is 5.82 Å². The van der Waals surface area contributed by atoms with Gasteiger partial charge in [0.15, 0.2) is 0 Å². The zero-order valence-electron chi connectivity index (χ0n) is 9.51. The van der Waals surface area contributed by atoms with Crippen LogP contribution < -0.4 is 11.1 Å². The minimum Gasteiger partial charge on any atom is -0.396 e. The van der Waals surface area contributed by atoms with E-state index in [0.717, 1.165) is 18.5 Å². The highest BCUT2D eigenvalue weighted by Crippen LogP contribution is 2.16. The lowest BCUT2D eigenvalue weighted by Crippen LogP contribution is -2.30. The minimum atomic E-state index is -0.300. The van der Waals surface area contributed by atoms with Gasteiger partial charge in [-0.25, -0.2) is 4.39 Å². The Morgan fingerprint density at radius 3 is 3.00 bits per heavy atom. The summed E-state index contributed by atoms with van der Waals surface area (Å²) in [6.45, 7) is 1.09. The van der Waals surface area contributed by atoms with Gasteiger partial charge in [-0.05, 0) is 43.5 Å². The number of anilines is 1. The third-order valence-electron chi connectivity index (χ3n) is 3.21. The maximum absolute atomic E-state index is 13.3. The Morgan fingerprint density at radius 1 is 1.31 bits per heavy atom. The maximum Gasteiger partial charge on any atom is 0.146 e. The average Bonchev–Trinajstić information content (AvgIpc) is 2.52. The van der Waals surface area contributed by atoms with E-state index < -0.39 is 0 Å². The van der Waals surface area contributed by atoms with Crippen molar-refractivity contribution in [2.75, 3.05) is 12.3 Å². The Kier molecular flexibility index (Phi) is 3.78. The fraction of sp³-hybridized carbons (Fsp3) is 0.538. The second kappa shape index (κ2) is 5.30. The van der Waals surface area contributed by atoms with E-state index in [4.69, 9.17) is 5.73 Å². The first kappa shape index (κ1) is 11.4. The van der Waals surface area contributed by atoms with E-state index in [1.165, 1.54) is 25.7 Å². The molecule has 0 amide bonds. The molecule has 88 valence electrons. The SMILES string of the molecule is Nc1ccc(CC2CCCCCN2)cc1F. The second-order valence-electron chi connectivity index (χ2n) is 4.56. The molecule has 1 aliphatic heterocycles. The van der Waals surface area contributed by atoms with Crippen LogP contribution in [0.5, 0.6) is 0 Å². The van der Waals surface area contributed by atoms with E-state index in [2.05, 4.69) is 5.32 Å². The molecule has 1 fully saturated rings. The van der Waals surface area contributed by atoms with Crippen LogP contribution in [0.25, 0.3) is 0 Å². The van der Waals surface area contributed by atoms with Crippen molar-refractivity contribution in [2.24, 2.45) is 0 Å². The maximum atomic E-state index is 13.3. The second-order valence-corrected chi connectivity index (χ2v) is 4.56. The number of benzene rings is 1. The van der Waals surface area contributed by atoms with Crippen molar-refractivity contribution in [2.45, 2.75) is 38.1 Å². The fourth-order valence-corrected chi connectivity index (χ4v) is 2.26. The molecule has 1 heterocycles. The number of hydrogen-bond donors (Lipinski definition) is 2. The third kappa shape index (κ3) is 2.95. The van der Waals surface area contributed by atoms with Crippen LogP contribution >= 0.6 is 0 Å². The predicted octanol–water partition coefficient (Wildman–Crippen LogP) is 2.48. The number of nitrogens with two attached hydrogens (primary N) is 1. The van der Waals surface area contributed by atoms with Gasteiger partial charge in [0.2, 0.25) is 0 Å². The van der Waals surface area contributed by atoms with Gasteiger partial charge in [-0.3, -0.25) is 0 Å². The van der Waals surface area contributed by atoms with E-state index in [0.29, 0.717) is 6.04 Å². The van der Waals surface area contributed by atoms with E-state index in [9.17, 15) is 4.39 Å². The lowest BCUT2D eigenvalue weighted by Gasteiger charge is -2.15. The molecule has 0 spiro atoms. The first-order valence-electron chi connectivity index (χ1n) is 6.03. The van der Waals surface area contributed by atoms with Crippen LogP contribution in [-0.2, 0) is 6.42 Å². The van der Waals surface area contributed by atoms with Crippen LogP contribution in [0.1, 0.15) is 31.2 Å². The van der Waals surface area contributed by atoms with Crippen molar-refractivity contribution in [1.29, 1.82) is 0 Å². The summed E-state index contributed by atoms with van der Waals surface area (Å²) in [7, 11) is 0. The molecule has 1 unspecified atom stereocenters. The van der Waals surface area contributed by atoms with Crippen LogP contribution in [0, 0.1) is 5.82 Å². The molecule has 1 atom stereocenters. The summed E-state index contributed by atoms with van der Waals surface area (Å²) in [4.78, 5) is 0. The van der Waals surface area contributed by atoms with Crippen molar-refractivity contribution in [3.63, 3.8) is 0 Å². The smallest absolute Gasteiger partial charge is 0.146 e. The molecule has 1 aliphatic rings. The van der Waals surface area contributed by atoms with Crippen LogP contribution in [0.2, 0.25) is 0 Å². The fourth-order valence-electron chi connectivity index (χ4n) is 2.26. The average molecular weight is 222 g/mol. The van der Waals surface area contributed by atoms with Gasteiger partial charge < -0.3 is 11.1 Å². The van der Waals surface area contributed by atoms with Gasteiger partial charge in [0, 0.05) is 6.04 Å². The highest BCUT2D eigenvalue weighted by atomic mass is 19.1. The lowest BCUT2D eigenvalue weighted by molar-refractivity contribution is 0.506. The summed E-state index contributed by atoms with van der Waals surface area (Å²) >= 11 is 0. The summed E-state index contributed by atoms with van der Waals surface area (Å²) < 4.78 is 13.3. The van der Waals surface area contributed by atoms with Crippen LogP contribution in [0.4, 0.5) is 10.1 Å². The predicted molar refractivity (Wildman–Crippen MR) is 64.8 cm³/mol. The number of rotatable bonds is 2. The minimum absolute atomic E-state index is 0.234. The highest BCUT2D eigenvalue weighted by Gasteiger charge is 2.12. The van der Waals surface area contributed by atoms with E-state index >= 15 is 0 Å². The summed E-state index contributed by atoms with van der Waals surface area (Å²) in [6, 6.07) is 5.62. The van der Waals surface area contributed by atoms with Crippen molar-refractivity contribution in [1.82, 2.24) is 5.32 Å². The molecule has 1 aromatic carbocycles. The van der Waals surface area contributed by atoms with Gasteiger partial charge in [-0.1, -0.05) is 18.9 Å². The molecule has 0 aliphatic carbocycles. The van der Waals surface area contributed by atoms with Gasteiger partial charge in [-0.15, -0.1) is 0 Å². The number of halogens is 1. The lowest BCUT2D eigenvalue weighted by atomic mass is 10.0. The Labute approximate surface area is 96.0 Å². The molecule has 0 saturated carbocycles. The van der Waals surface area contributed by atoms with Gasteiger partial charge >= 0.3 is 0 Å². The third-order valence-corrected chi connectivity index (χ3v) is 3.21. The largest absolute Gasteiger partial charge is 0.396 e. The molecule has 1 saturated heterocycles. The highest BCUT2D eigenvalue weighted by molar-refractivity contribution is 5.41. The van der Waals surface area contributed by atoms with Gasteiger partial charge in [-0.2, -0.15) is 0 Å². The van der Waals surface area contributed by atoms with Crippen molar-refractivity contribution in [3.05, 3.63) is 29.6 Å². The van der Waals surface area contributed by atoms with Crippen molar-refractivity contribution < 1.29 is 4.39 Å². The first-order valence-corrected chi connectivity index (χ1v) is 6.03. The topological polar surface area (TPSA) is 38.0 Å². The molecule has 0 radical (unpaired) electrons. The Balaban J connectivity index is 1.99. The van der Waals surface area contributed by atoms with E-state index in [1.807, 2.05) is 6.07 Å². The molecule has 3 heteroatoms. The molecular weight excluding hydrogens is 203 g/mol. The summed E-state index contributed by atoms with van der Waals surface area (Å²) in [5, 5.41) is 3.51. The van der Waals surface area contributed by atoms with E-state index in [-0.39, 0.29) is 11.5 Å². The van der Waals surface area contributed by atoms with E-state index in [1.54, 1.807) is 12.1 Å². The van der Waals surface area contributed by atoms with Crippen LogP contribution in [0.15, 0.2) is 18.2 Å². The van der Waals surface area contributed by atoms with Gasteiger partial charge in [0.25, 0.3) is 0 Å². The molecule has 16 heavy (non-hydrogen) atoms. The zero-order valence-corrected chi connectivity index (χ0v) is 9.51. The molecule has 0 aromatic heterocycles. The Hall–Kier alpha value is -1.09. The molecule has 3 N–H and O–H groups in total. The molecular formula is C13H19FN2. The van der Waals surface area contributed by atoms with Crippen LogP contribution in [-0.4, -0.2) is 12.6 Å².